The van der Waals surface area contributed by atoms with Crippen LogP contribution in [0.1, 0.15) is 38.9 Å². The van der Waals surface area contributed by atoms with Crippen LogP contribution in [-0.4, -0.2) is 30.3 Å². The molecule has 16 heavy (non-hydrogen) atoms. The zero-order chi connectivity index (χ0) is 12.2. The van der Waals surface area contributed by atoms with Crippen molar-refractivity contribution in [3.05, 3.63) is 11.7 Å². The first-order chi connectivity index (χ1) is 7.55. The summed E-state index contributed by atoms with van der Waals surface area (Å²) in [5.74, 6) is 1.27. The SMILES string of the molecule is CCC(C)(OC)c1noc(CC(C)NC)n1. The minimum atomic E-state index is -0.454. The molecule has 0 aliphatic rings. The molecule has 5 heteroatoms. The van der Waals surface area contributed by atoms with Crippen LogP contribution in [0.15, 0.2) is 4.52 Å². The van der Waals surface area contributed by atoms with Crippen molar-refractivity contribution in [2.75, 3.05) is 14.2 Å². The van der Waals surface area contributed by atoms with E-state index in [0.717, 1.165) is 12.8 Å². The summed E-state index contributed by atoms with van der Waals surface area (Å²) >= 11 is 0. The van der Waals surface area contributed by atoms with E-state index < -0.39 is 5.60 Å². The highest BCUT2D eigenvalue weighted by Crippen LogP contribution is 2.25. The molecule has 0 aliphatic carbocycles. The van der Waals surface area contributed by atoms with Crippen molar-refractivity contribution in [1.29, 1.82) is 0 Å². The van der Waals surface area contributed by atoms with E-state index in [1.807, 2.05) is 20.9 Å². The van der Waals surface area contributed by atoms with Crippen LogP contribution in [0.4, 0.5) is 0 Å². The van der Waals surface area contributed by atoms with Gasteiger partial charge in [0.05, 0.1) is 0 Å². The van der Waals surface area contributed by atoms with Crippen LogP contribution in [0.25, 0.3) is 0 Å². The summed E-state index contributed by atoms with van der Waals surface area (Å²) in [5.41, 5.74) is -0.454. The lowest BCUT2D eigenvalue weighted by Gasteiger charge is -2.21. The Kier molecular flexibility index (Phi) is 4.44. The van der Waals surface area contributed by atoms with E-state index in [2.05, 4.69) is 22.4 Å². The molecule has 1 aromatic heterocycles. The Morgan fingerprint density at radius 1 is 1.56 bits per heavy atom. The minimum absolute atomic E-state index is 0.323. The number of likely N-dealkylation sites (N-methyl/N-ethyl adjacent to an activating group) is 1. The molecule has 0 saturated heterocycles. The van der Waals surface area contributed by atoms with E-state index in [0.29, 0.717) is 17.8 Å². The summed E-state index contributed by atoms with van der Waals surface area (Å²) in [4.78, 5) is 4.37. The van der Waals surface area contributed by atoms with Gasteiger partial charge in [0, 0.05) is 19.6 Å². The van der Waals surface area contributed by atoms with Crippen LogP contribution in [0.3, 0.4) is 0 Å². The summed E-state index contributed by atoms with van der Waals surface area (Å²) in [7, 11) is 3.57. The van der Waals surface area contributed by atoms with Gasteiger partial charge in [-0.2, -0.15) is 4.98 Å². The molecule has 0 aromatic carbocycles. The molecule has 0 saturated carbocycles. The zero-order valence-corrected chi connectivity index (χ0v) is 10.7. The van der Waals surface area contributed by atoms with Crippen LogP contribution >= 0.6 is 0 Å². The van der Waals surface area contributed by atoms with E-state index in [9.17, 15) is 0 Å². The molecular weight excluding hydrogens is 206 g/mol. The fourth-order valence-corrected chi connectivity index (χ4v) is 1.31. The van der Waals surface area contributed by atoms with E-state index in [1.165, 1.54) is 0 Å². The maximum Gasteiger partial charge on any atom is 0.228 e. The first kappa shape index (κ1) is 13.1. The highest BCUT2D eigenvalue weighted by Gasteiger charge is 2.30. The van der Waals surface area contributed by atoms with E-state index >= 15 is 0 Å². The summed E-state index contributed by atoms with van der Waals surface area (Å²) in [5, 5.41) is 7.11. The van der Waals surface area contributed by atoms with Crippen molar-refractivity contribution < 1.29 is 9.26 Å². The van der Waals surface area contributed by atoms with Gasteiger partial charge in [-0.05, 0) is 27.3 Å². The Balaban J connectivity index is 2.78. The number of hydrogen-bond acceptors (Lipinski definition) is 5. The normalized spacial score (nSPS) is 17.1. The number of rotatable bonds is 6. The van der Waals surface area contributed by atoms with Gasteiger partial charge < -0.3 is 14.6 Å². The molecule has 0 spiro atoms. The molecular formula is C11H21N3O2. The van der Waals surface area contributed by atoms with Gasteiger partial charge in [0.1, 0.15) is 5.60 Å². The second kappa shape index (κ2) is 5.41. The lowest BCUT2D eigenvalue weighted by molar-refractivity contribution is -0.0106. The van der Waals surface area contributed by atoms with Crippen molar-refractivity contribution >= 4 is 0 Å². The molecule has 0 aliphatic heterocycles. The van der Waals surface area contributed by atoms with Crippen molar-refractivity contribution in [1.82, 2.24) is 15.5 Å². The molecule has 5 nitrogen and oxygen atoms in total. The summed E-state index contributed by atoms with van der Waals surface area (Å²) in [6.45, 7) is 6.07. The van der Waals surface area contributed by atoms with Crippen LogP contribution in [0.2, 0.25) is 0 Å². The average molecular weight is 227 g/mol. The van der Waals surface area contributed by atoms with Gasteiger partial charge in [-0.25, -0.2) is 0 Å². The Labute approximate surface area is 96.6 Å². The first-order valence-corrected chi connectivity index (χ1v) is 5.61. The molecule has 1 aromatic rings. The monoisotopic (exact) mass is 227 g/mol. The van der Waals surface area contributed by atoms with E-state index in [4.69, 9.17) is 9.26 Å². The van der Waals surface area contributed by atoms with Gasteiger partial charge in [-0.1, -0.05) is 12.1 Å². The lowest BCUT2D eigenvalue weighted by Crippen LogP contribution is -2.26. The zero-order valence-electron chi connectivity index (χ0n) is 10.7. The summed E-state index contributed by atoms with van der Waals surface area (Å²) < 4.78 is 10.6. The van der Waals surface area contributed by atoms with Gasteiger partial charge >= 0.3 is 0 Å². The number of aromatic nitrogens is 2. The highest BCUT2D eigenvalue weighted by molar-refractivity contribution is 4.99. The fraction of sp³-hybridized carbons (Fsp3) is 0.818. The van der Waals surface area contributed by atoms with Crippen molar-refractivity contribution in [3.8, 4) is 0 Å². The van der Waals surface area contributed by atoms with Crippen molar-refractivity contribution in [2.24, 2.45) is 0 Å². The topological polar surface area (TPSA) is 60.2 Å². The Morgan fingerprint density at radius 2 is 2.25 bits per heavy atom. The van der Waals surface area contributed by atoms with Gasteiger partial charge in [-0.15, -0.1) is 0 Å². The maximum atomic E-state index is 5.42. The molecule has 2 unspecified atom stereocenters. The molecule has 2 atom stereocenters. The number of hydrogen-bond donors (Lipinski definition) is 1. The summed E-state index contributed by atoms with van der Waals surface area (Å²) in [6.07, 6.45) is 1.54. The molecule has 0 fully saturated rings. The third-order valence-corrected chi connectivity index (χ3v) is 3.04. The maximum absolute atomic E-state index is 5.42. The van der Waals surface area contributed by atoms with Gasteiger partial charge in [0.25, 0.3) is 0 Å². The smallest absolute Gasteiger partial charge is 0.228 e. The molecule has 92 valence electrons. The number of nitrogens with one attached hydrogen (secondary N) is 1. The number of methoxy groups -OCH3 is 1. The molecule has 0 amide bonds. The van der Waals surface area contributed by atoms with E-state index in [1.54, 1.807) is 7.11 Å². The second-order valence-electron chi connectivity index (χ2n) is 4.19. The first-order valence-electron chi connectivity index (χ1n) is 5.61. The molecule has 1 heterocycles. The Bertz CT molecular complexity index is 321. The van der Waals surface area contributed by atoms with Gasteiger partial charge in [0.15, 0.2) is 0 Å². The molecule has 1 rings (SSSR count). The summed E-state index contributed by atoms with van der Waals surface area (Å²) in [6, 6.07) is 0.323. The molecule has 1 N–H and O–H groups in total. The van der Waals surface area contributed by atoms with Crippen LogP contribution < -0.4 is 5.32 Å². The average Bonchev–Trinajstić information content (AvgIpc) is 2.76. The van der Waals surface area contributed by atoms with Crippen LogP contribution in [0.5, 0.6) is 0 Å². The number of nitrogens with zero attached hydrogens (tertiary/aromatic N) is 2. The highest BCUT2D eigenvalue weighted by atomic mass is 16.5. The third-order valence-electron chi connectivity index (χ3n) is 3.04. The van der Waals surface area contributed by atoms with E-state index in [-0.39, 0.29) is 0 Å². The Hall–Kier alpha value is -0.940. The third kappa shape index (κ3) is 2.80. The predicted molar refractivity (Wildman–Crippen MR) is 61.2 cm³/mol. The minimum Gasteiger partial charge on any atom is -0.370 e. The Morgan fingerprint density at radius 3 is 2.75 bits per heavy atom. The molecule has 0 radical (unpaired) electrons. The van der Waals surface area contributed by atoms with Crippen LogP contribution in [-0.2, 0) is 16.8 Å². The van der Waals surface area contributed by atoms with Crippen molar-refractivity contribution in [2.45, 2.75) is 45.3 Å². The fourth-order valence-electron chi connectivity index (χ4n) is 1.31. The van der Waals surface area contributed by atoms with Crippen LogP contribution in [0, 0.1) is 0 Å². The van der Waals surface area contributed by atoms with Gasteiger partial charge in [-0.3, -0.25) is 0 Å². The lowest BCUT2D eigenvalue weighted by atomic mass is 10.0. The quantitative estimate of drug-likeness (QED) is 0.798. The van der Waals surface area contributed by atoms with Crippen molar-refractivity contribution in [3.63, 3.8) is 0 Å². The molecule has 0 bridgehead atoms. The second-order valence-corrected chi connectivity index (χ2v) is 4.19. The predicted octanol–water partition coefficient (Wildman–Crippen LogP) is 1.49. The number of ether oxygens (including phenoxy) is 1. The largest absolute Gasteiger partial charge is 0.370 e. The van der Waals surface area contributed by atoms with Gasteiger partial charge in [0.2, 0.25) is 11.7 Å². The standard InChI is InChI=1S/C11H21N3O2/c1-6-11(3,15-5)10-13-9(16-14-10)7-8(2)12-4/h8,12H,6-7H2,1-5H3.